The molecule has 0 aromatic heterocycles. The maximum atomic E-state index is 14.1. The first-order chi connectivity index (χ1) is 16.9. The van der Waals surface area contributed by atoms with Crippen LogP contribution < -0.4 is 0 Å². The number of allylic oxidation sites excluding steroid dienone is 1. The monoisotopic (exact) mass is 516 g/mol. The average Bonchev–Trinajstić information content (AvgIpc) is 2.99. The number of aliphatic hydroxyl groups is 2. The zero-order chi connectivity index (χ0) is 27.9. The minimum Gasteiger partial charge on any atom is -0.481 e. The van der Waals surface area contributed by atoms with Gasteiger partial charge in [0.25, 0.3) is 0 Å². The van der Waals surface area contributed by atoms with Crippen LogP contribution in [0.1, 0.15) is 93.4 Å². The van der Waals surface area contributed by atoms with Crippen molar-refractivity contribution in [1.29, 1.82) is 0 Å². The van der Waals surface area contributed by atoms with Gasteiger partial charge in [-0.1, -0.05) is 48.5 Å². The third kappa shape index (κ3) is 3.82. The van der Waals surface area contributed by atoms with E-state index < -0.39 is 45.8 Å². The van der Waals surface area contributed by atoms with E-state index in [-0.39, 0.29) is 54.4 Å². The summed E-state index contributed by atoms with van der Waals surface area (Å²) in [5.74, 6) is -2.17. The minimum atomic E-state index is -1.00. The highest BCUT2D eigenvalue weighted by Gasteiger charge is 2.70. The molecule has 4 aliphatic carbocycles. The van der Waals surface area contributed by atoms with Gasteiger partial charge in [-0.05, 0) is 48.0 Å². The number of carbonyl (C=O) groups excluding carboxylic acids is 3. The van der Waals surface area contributed by atoms with Gasteiger partial charge in [-0.25, -0.2) is 0 Å². The van der Waals surface area contributed by atoms with Gasteiger partial charge < -0.3 is 15.3 Å². The lowest BCUT2D eigenvalue weighted by molar-refractivity contribution is -0.146. The highest BCUT2D eigenvalue weighted by molar-refractivity contribution is 6.01. The van der Waals surface area contributed by atoms with Crippen LogP contribution in [-0.2, 0) is 19.2 Å². The van der Waals surface area contributed by atoms with Gasteiger partial charge in [-0.15, -0.1) is 0 Å². The van der Waals surface area contributed by atoms with Crippen LogP contribution in [0.3, 0.4) is 0 Å². The summed E-state index contributed by atoms with van der Waals surface area (Å²) in [4.78, 5) is 50.8. The van der Waals surface area contributed by atoms with Crippen molar-refractivity contribution in [1.82, 2.24) is 0 Å². The molecule has 0 unspecified atom stereocenters. The molecule has 0 spiro atoms. The van der Waals surface area contributed by atoms with E-state index in [9.17, 15) is 34.5 Å². The lowest BCUT2D eigenvalue weighted by Gasteiger charge is -2.61. The van der Waals surface area contributed by atoms with E-state index in [0.29, 0.717) is 36.8 Å². The molecule has 2 saturated carbocycles. The summed E-state index contributed by atoms with van der Waals surface area (Å²) < 4.78 is 0. The Bertz CT molecular complexity index is 1070. The fourth-order valence-electron chi connectivity index (χ4n) is 9.20. The normalized spacial score (nSPS) is 42.5. The van der Waals surface area contributed by atoms with Crippen molar-refractivity contribution in [2.45, 2.75) is 106 Å². The van der Waals surface area contributed by atoms with Crippen molar-refractivity contribution in [3.05, 3.63) is 11.1 Å². The Labute approximate surface area is 220 Å². The van der Waals surface area contributed by atoms with Gasteiger partial charge >= 0.3 is 5.97 Å². The molecule has 206 valence electrons. The highest BCUT2D eigenvalue weighted by Crippen LogP contribution is 2.71. The summed E-state index contributed by atoms with van der Waals surface area (Å²) in [5, 5.41) is 32.4. The first-order valence-electron chi connectivity index (χ1n) is 13.8. The van der Waals surface area contributed by atoms with Crippen molar-refractivity contribution >= 4 is 23.3 Å². The van der Waals surface area contributed by atoms with E-state index in [4.69, 9.17) is 0 Å². The average molecular weight is 517 g/mol. The van der Waals surface area contributed by atoms with Crippen molar-refractivity contribution < 1.29 is 34.5 Å². The number of aliphatic hydroxyl groups excluding tert-OH is 2. The van der Waals surface area contributed by atoms with E-state index in [0.717, 1.165) is 0 Å². The van der Waals surface area contributed by atoms with Gasteiger partial charge in [0.1, 0.15) is 11.6 Å². The SMILES string of the molecule is C[C@H](CC(=O)C[C@H](C)[C@@H]1C[C@H](O)[C@]2(C)C3=C(C(=O)C[C@]12C)[C@]1(C)CCC(=O)C(C)(C)[C@@H]1C[C@@H]3O)C(=O)O. The van der Waals surface area contributed by atoms with E-state index in [1.165, 1.54) is 6.92 Å². The topological polar surface area (TPSA) is 129 Å². The molecular weight excluding hydrogens is 472 g/mol. The molecule has 37 heavy (non-hydrogen) atoms. The molecule has 4 aliphatic rings. The number of Topliss-reactive ketones (excluding diaryl/α,β-unsaturated/α-hetero) is 3. The minimum absolute atomic E-state index is 0.0106. The smallest absolute Gasteiger partial charge is 0.306 e. The molecule has 0 aliphatic heterocycles. The van der Waals surface area contributed by atoms with Crippen molar-refractivity contribution in [2.75, 3.05) is 0 Å². The lowest BCUT2D eigenvalue weighted by atomic mass is 9.42. The van der Waals surface area contributed by atoms with Crippen LogP contribution in [0.5, 0.6) is 0 Å². The van der Waals surface area contributed by atoms with E-state index in [1.807, 2.05) is 34.6 Å². The van der Waals surface area contributed by atoms with Crippen LogP contribution in [0.4, 0.5) is 0 Å². The molecule has 0 saturated heterocycles. The molecule has 3 N–H and O–H groups in total. The number of carboxylic acid groups (broad SMARTS) is 1. The van der Waals surface area contributed by atoms with Crippen LogP contribution in [0.25, 0.3) is 0 Å². The van der Waals surface area contributed by atoms with Crippen molar-refractivity contribution in [3.63, 3.8) is 0 Å². The molecule has 0 bridgehead atoms. The lowest BCUT2D eigenvalue weighted by Crippen LogP contribution is -2.60. The number of ketones is 3. The number of aliphatic carboxylic acids is 1. The molecule has 0 aromatic carbocycles. The molecule has 0 aromatic rings. The summed E-state index contributed by atoms with van der Waals surface area (Å²) in [6.07, 6.45) is 0.421. The molecular formula is C30H44O7. The predicted molar refractivity (Wildman–Crippen MR) is 137 cm³/mol. The zero-order valence-corrected chi connectivity index (χ0v) is 23.4. The van der Waals surface area contributed by atoms with Gasteiger partial charge in [-0.3, -0.25) is 19.2 Å². The Morgan fingerprint density at radius 3 is 2.22 bits per heavy atom. The standard InChI is InChI=1S/C30H44O7/c1-15(10-17(31)11-16(2)26(36)37)18-12-23(35)30(7)25-19(32)13-21-27(3,4)22(34)8-9-28(21,5)24(25)20(33)14-29(18,30)6/h15-16,18-19,21,23,32,35H,8-14H2,1-7H3,(H,36,37)/t15-,16+,18-,19-,21-,23-,28+,29+,30+/m0/s1. The van der Waals surface area contributed by atoms with Crippen LogP contribution in [0, 0.1) is 45.3 Å². The maximum absolute atomic E-state index is 14.1. The summed E-state index contributed by atoms with van der Waals surface area (Å²) in [5.41, 5.74) is -1.40. The second kappa shape index (κ2) is 8.84. The van der Waals surface area contributed by atoms with Gasteiger partial charge in [0.2, 0.25) is 0 Å². The van der Waals surface area contributed by atoms with Gasteiger partial charge in [0.15, 0.2) is 5.78 Å². The molecule has 0 heterocycles. The molecule has 0 amide bonds. The Balaban J connectivity index is 1.74. The van der Waals surface area contributed by atoms with Gasteiger partial charge in [-0.2, -0.15) is 0 Å². The summed E-state index contributed by atoms with van der Waals surface area (Å²) >= 11 is 0. The fraction of sp³-hybridized carbons (Fsp3) is 0.800. The first kappa shape index (κ1) is 28.2. The van der Waals surface area contributed by atoms with E-state index in [2.05, 4.69) is 6.92 Å². The molecule has 2 fully saturated rings. The number of carbonyl (C=O) groups is 4. The number of fused-ring (bicyclic) bond motifs is 4. The van der Waals surface area contributed by atoms with Gasteiger partial charge in [0, 0.05) is 47.5 Å². The second-order valence-corrected chi connectivity index (χ2v) is 13.9. The number of hydrogen-bond donors (Lipinski definition) is 3. The van der Waals surface area contributed by atoms with E-state index >= 15 is 0 Å². The highest BCUT2D eigenvalue weighted by atomic mass is 16.4. The Morgan fingerprint density at radius 1 is 1.00 bits per heavy atom. The summed E-state index contributed by atoms with van der Waals surface area (Å²) in [7, 11) is 0. The maximum Gasteiger partial charge on any atom is 0.306 e. The Hall–Kier alpha value is -1.86. The number of rotatable bonds is 6. The summed E-state index contributed by atoms with van der Waals surface area (Å²) in [6.45, 7) is 13.4. The van der Waals surface area contributed by atoms with Crippen molar-refractivity contribution in [2.24, 2.45) is 45.3 Å². The quantitative estimate of drug-likeness (QED) is 0.484. The molecule has 9 atom stereocenters. The van der Waals surface area contributed by atoms with Crippen LogP contribution >= 0.6 is 0 Å². The second-order valence-electron chi connectivity index (χ2n) is 13.9. The van der Waals surface area contributed by atoms with Crippen molar-refractivity contribution in [3.8, 4) is 0 Å². The third-order valence-electron chi connectivity index (χ3n) is 11.6. The van der Waals surface area contributed by atoms with Gasteiger partial charge in [0.05, 0.1) is 18.1 Å². The predicted octanol–water partition coefficient (Wildman–Crippen LogP) is 4.13. The molecule has 7 heteroatoms. The molecule has 4 rings (SSSR count). The number of hydrogen-bond acceptors (Lipinski definition) is 6. The third-order valence-corrected chi connectivity index (χ3v) is 11.6. The number of carboxylic acids is 1. The first-order valence-corrected chi connectivity index (χ1v) is 13.8. The summed E-state index contributed by atoms with van der Waals surface area (Å²) in [6, 6.07) is 0. The van der Waals surface area contributed by atoms with Crippen LogP contribution in [-0.4, -0.2) is 50.8 Å². The van der Waals surface area contributed by atoms with Crippen LogP contribution in [0.15, 0.2) is 11.1 Å². The zero-order valence-electron chi connectivity index (χ0n) is 23.4. The Kier molecular flexibility index (Phi) is 6.72. The molecule has 7 nitrogen and oxygen atoms in total. The van der Waals surface area contributed by atoms with Crippen LogP contribution in [0.2, 0.25) is 0 Å². The van der Waals surface area contributed by atoms with E-state index in [1.54, 1.807) is 0 Å². The molecule has 0 radical (unpaired) electrons. The largest absolute Gasteiger partial charge is 0.481 e. The Morgan fingerprint density at radius 2 is 1.62 bits per heavy atom. The fourth-order valence-corrected chi connectivity index (χ4v) is 9.20.